The monoisotopic (exact) mass is 259 g/mol. The van der Waals surface area contributed by atoms with E-state index < -0.39 is 0 Å². The Labute approximate surface area is 112 Å². The summed E-state index contributed by atoms with van der Waals surface area (Å²) in [5, 5.41) is 9.01. The molecular weight excluding hydrogens is 242 g/mol. The molecule has 4 nitrogen and oxygen atoms in total. The van der Waals surface area contributed by atoms with Gasteiger partial charge < -0.3 is 9.47 Å². The van der Waals surface area contributed by atoms with Gasteiger partial charge in [0.25, 0.3) is 0 Å². The molecule has 0 saturated heterocycles. The zero-order valence-corrected chi connectivity index (χ0v) is 11.0. The van der Waals surface area contributed by atoms with Gasteiger partial charge in [-0.15, -0.1) is 0 Å². The van der Waals surface area contributed by atoms with E-state index in [4.69, 9.17) is 14.7 Å². The van der Waals surface area contributed by atoms with E-state index in [1.54, 1.807) is 19.2 Å². The van der Waals surface area contributed by atoms with Gasteiger partial charge in [0.05, 0.1) is 25.4 Å². The zero-order valence-electron chi connectivity index (χ0n) is 11.0. The summed E-state index contributed by atoms with van der Waals surface area (Å²) in [5.74, 6) is 0.908. The van der Waals surface area contributed by atoms with Gasteiger partial charge in [-0.2, -0.15) is 5.26 Å². The Hall–Kier alpha value is -1.86. The minimum absolute atomic E-state index is 0.158. The fourth-order valence-corrected chi connectivity index (χ4v) is 2.23. The molecule has 1 aliphatic rings. The summed E-state index contributed by atoms with van der Waals surface area (Å²) in [5.41, 5.74) is 1.47. The number of rotatable bonds is 4. The number of methoxy groups -OCH3 is 1. The molecule has 0 aromatic heterocycles. The van der Waals surface area contributed by atoms with Crippen molar-refractivity contribution in [1.29, 1.82) is 5.26 Å². The number of nitrogens with zero attached hydrogens (tertiary/aromatic N) is 1. The van der Waals surface area contributed by atoms with Crippen LogP contribution in [0.5, 0.6) is 5.75 Å². The fraction of sp³-hybridized carbons (Fsp3) is 0.467. The molecule has 1 aromatic rings. The molecule has 2 rings (SSSR count). The number of benzene rings is 1. The molecule has 1 aliphatic carbocycles. The van der Waals surface area contributed by atoms with Crippen LogP contribution in [0, 0.1) is 11.3 Å². The van der Waals surface area contributed by atoms with Gasteiger partial charge in [-0.3, -0.25) is 4.79 Å². The molecule has 0 radical (unpaired) electrons. The third kappa shape index (κ3) is 3.55. The van der Waals surface area contributed by atoms with Gasteiger partial charge in [0.2, 0.25) is 0 Å². The van der Waals surface area contributed by atoms with Crippen molar-refractivity contribution in [3.05, 3.63) is 29.3 Å². The van der Waals surface area contributed by atoms with Crippen LogP contribution in [-0.2, 0) is 16.1 Å². The van der Waals surface area contributed by atoms with Gasteiger partial charge in [0.1, 0.15) is 17.6 Å². The highest BCUT2D eigenvalue weighted by molar-refractivity contribution is 5.79. The second-order valence-corrected chi connectivity index (χ2v) is 4.70. The predicted molar refractivity (Wildman–Crippen MR) is 69.8 cm³/mol. The SMILES string of the molecule is COc1ccc(COC2CCC(=O)CC2)cc1C#N. The summed E-state index contributed by atoms with van der Waals surface area (Å²) >= 11 is 0. The van der Waals surface area contributed by atoms with Crippen molar-refractivity contribution in [3.8, 4) is 11.8 Å². The number of carbonyl (C=O) groups excluding carboxylic acids is 1. The van der Waals surface area contributed by atoms with Gasteiger partial charge in [-0.1, -0.05) is 6.07 Å². The minimum Gasteiger partial charge on any atom is -0.495 e. The third-order valence-electron chi connectivity index (χ3n) is 3.36. The van der Waals surface area contributed by atoms with Gasteiger partial charge >= 0.3 is 0 Å². The van der Waals surface area contributed by atoms with Crippen LogP contribution < -0.4 is 4.74 Å². The Morgan fingerprint density at radius 2 is 2.11 bits per heavy atom. The number of hydrogen-bond acceptors (Lipinski definition) is 4. The van der Waals surface area contributed by atoms with E-state index in [0.29, 0.717) is 36.5 Å². The van der Waals surface area contributed by atoms with Crippen LogP contribution >= 0.6 is 0 Å². The summed E-state index contributed by atoms with van der Waals surface area (Å²) in [6.07, 6.45) is 3.01. The third-order valence-corrected chi connectivity index (χ3v) is 3.36. The maximum Gasteiger partial charge on any atom is 0.136 e. The minimum atomic E-state index is 0.158. The number of hydrogen-bond donors (Lipinski definition) is 0. The molecule has 0 unspecified atom stereocenters. The van der Waals surface area contributed by atoms with Crippen molar-refractivity contribution in [2.75, 3.05) is 7.11 Å². The lowest BCUT2D eigenvalue weighted by atomic mass is 9.96. The summed E-state index contributed by atoms with van der Waals surface area (Å²) in [6.45, 7) is 0.470. The van der Waals surface area contributed by atoms with E-state index >= 15 is 0 Å². The molecule has 0 N–H and O–H groups in total. The quantitative estimate of drug-likeness (QED) is 0.834. The maximum absolute atomic E-state index is 11.1. The fourth-order valence-electron chi connectivity index (χ4n) is 2.23. The van der Waals surface area contributed by atoms with Crippen molar-refractivity contribution in [2.24, 2.45) is 0 Å². The van der Waals surface area contributed by atoms with Crippen LogP contribution in [0.1, 0.15) is 36.8 Å². The molecule has 4 heteroatoms. The molecule has 0 heterocycles. The Morgan fingerprint density at radius 3 is 2.74 bits per heavy atom. The normalized spacial score (nSPS) is 16.1. The first kappa shape index (κ1) is 13.6. The van der Waals surface area contributed by atoms with E-state index in [-0.39, 0.29) is 6.10 Å². The largest absolute Gasteiger partial charge is 0.495 e. The number of nitriles is 1. The highest BCUT2D eigenvalue weighted by Gasteiger charge is 2.19. The molecular formula is C15H17NO3. The van der Waals surface area contributed by atoms with Crippen molar-refractivity contribution < 1.29 is 14.3 Å². The molecule has 100 valence electrons. The van der Waals surface area contributed by atoms with Crippen LogP contribution in [0.25, 0.3) is 0 Å². The number of Topliss-reactive ketones (excluding diaryl/α,β-unsaturated/α-hetero) is 1. The molecule has 0 aliphatic heterocycles. The molecule has 19 heavy (non-hydrogen) atoms. The number of ketones is 1. The van der Waals surface area contributed by atoms with Gasteiger partial charge in [0, 0.05) is 12.8 Å². The zero-order chi connectivity index (χ0) is 13.7. The molecule has 1 saturated carbocycles. The van der Waals surface area contributed by atoms with Gasteiger partial charge in [-0.05, 0) is 30.5 Å². The molecule has 0 spiro atoms. The van der Waals surface area contributed by atoms with Crippen molar-refractivity contribution >= 4 is 5.78 Å². The number of carbonyl (C=O) groups is 1. The van der Waals surface area contributed by atoms with E-state index in [0.717, 1.165) is 18.4 Å². The molecule has 0 amide bonds. The summed E-state index contributed by atoms with van der Waals surface area (Å²) < 4.78 is 10.9. The maximum atomic E-state index is 11.1. The lowest BCUT2D eigenvalue weighted by molar-refractivity contribution is -0.123. The van der Waals surface area contributed by atoms with E-state index in [9.17, 15) is 4.79 Å². The molecule has 0 atom stereocenters. The lowest BCUT2D eigenvalue weighted by Crippen LogP contribution is -2.21. The first-order valence-corrected chi connectivity index (χ1v) is 6.43. The van der Waals surface area contributed by atoms with E-state index in [2.05, 4.69) is 6.07 Å². The van der Waals surface area contributed by atoms with Crippen molar-refractivity contribution in [3.63, 3.8) is 0 Å². The first-order valence-electron chi connectivity index (χ1n) is 6.43. The standard InChI is InChI=1S/C15H17NO3/c1-18-15-7-2-11(8-12(15)9-16)10-19-14-5-3-13(17)4-6-14/h2,7-8,14H,3-6,10H2,1H3. The average Bonchev–Trinajstić information content (AvgIpc) is 2.46. The molecule has 1 aromatic carbocycles. The number of ether oxygens (including phenoxy) is 2. The Morgan fingerprint density at radius 1 is 1.37 bits per heavy atom. The van der Waals surface area contributed by atoms with Crippen LogP contribution in [-0.4, -0.2) is 19.0 Å². The second-order valence-electron chi connectivity index (χ2n) is 4.70. The molecule has 0 bridgehead atoms. The highest BCUT2D eigenvalue weighted by Crippen LogP contribution is 2.22. The van der Waals surface area contributed by atoms with Crippen LogP contribution in [0.15, 0.2) is 18.2 Å². The van der Waals surface area contributed by atoms with E-state index in [1.807, 2.05) is 6.07 Å². The Balaban J connectivity index is 1.93. The van der Waals surface area contributed by atoms with Gasteiger partial charge in [0.15, 0.2) is 0 Å². The first-order chi connectivity index (χ1) is 9.22. The average molecular weight is 259 g/mol. The Kier molecular flexibility index (Phi) is 4.53. The van der Waals surface area contributed by atoms with Crippen LogP contribution in [0.2, 0.25) is 0 Å². The van der Waals surface area contributed by atoms with Crippen molar-refractivity contribution in [2.45, 2.75) is 38.4 Å². The summed E-state index contributed by atoms with van der Waals surface area (Å²) in [4.78, 5) is 11.1. The smallest absolute Gasteiger partial charge is 0.136 e. The summed E-state index contributed by atoms with van der Waals surface area (Å²) in [7, 11) is 1.55. The molecule has 1 fully saturated rings. The lowest BCUT2D eigenvalue weighted by Gasteiger charge is -2.21. The summed E-state index contributed by atoms with van der Waals surface area (Å²) in [6, 6.07) is 7.57. The second kappa shape index (κ2) is 6.35. The van der Waals surface area contributed by atoms with E-state index in [1.165, 1.54) is 0 Å². The van der Waals surface area contributed by atoms with Crippen molar-refractivity contribution in [1.82, 2.24) is 0 Å². The van der Waals surface area contributed by atoms with Gasteiger partial charge in [-0.25, -0.2) is 0 Å². The predicted octanol–water partition coefficient (Wildman–Crippen LogP) is 2.60. The van der Waals surface area contributed by atoms with Crippen LogP contribution in [0.3, 0.4) is 0 Å². The Bertz CT molecular complexity index is 495. The highest BCUT2D eigenvalue weighted by atomic mass is 16.5. The topological polar surface area (TPSA) is 59.3 Å². The van der Waals surface area contributed by atoms with Crippen LogP contribution in [0.4, 0.5) is 0 Å².